The number of rotatable bonds is 8. The van der Waals surface area contributed by atoms with Gasteiger partial charge in [-0.05, 0) is 32.4 Å². The van der Waals surface area contributed by atoms with E-state index in [2.05, 4.69) is 6.92 Å². The summed E-state index contributed by atoms with van der Waals surface area (Å²) in [5.41, 5.74) is 0. The molecule has 0 aliphatic carbocycles. The van der Waals surface area contributed by atoms with E-state index in [1.807, 2.05) is 13.8 Å². The smallest absolute Gasteiger partial charge is 0.337 e. The van der Waals surface area contributed by atoms with E-state index in [1.54, 1.807) is 0 Å². The van der Waals surface area contributed by atoms with E-state index in [4.69, 9.17) is 14.0 Å². The Hall–Kier alpha value is 0.0969. The van der Waals surface area contributed by atoms with E-state index < -0.39 is 8.56 Å². The Morgan fingerprint density at radius 2 is 1.62 bits per heavy atom. The van der Waals surface area contributed by atoms with Crippen LogP contribution in [0.1, 0.15) is 27.2 Å². The molecule has 0 aliphatic rings. The molecular formula is C9H22O3Si. The molecule has 0 radical (unpaired) electrons. The maximum absolute atomic E-state index is 8.77. The molecule has 0 aliphatic heterocycles. The maximum atomic E-state index is 8.77. The van der Waals surface area contributed by atoms with Crippen molar-refractivity contribution in [2.45, 2.75) is 39.3 Å². The molecule has 0 unspecified atom stereocenters. The second-order valence-corrected chi connectivity index (χ2v) is 6.56. The molecule has 0 rings (SSSR count). The van der Waals surface area contributed by atoms with Crippen molar-refractivity contribution >= 4 is 8.56 Å². The quantitative estimate of drug-likeness (QED) is 0.617. The van der Waals surface area contributed by atoms with Gasteiger partial charge in [0.15, 0.2) is 0 Å². The van der Waals surface area contributed by atoms with Gasteiger partial charge in [0.1, 0.15) is 0 Å². The van der Waals surface area contributed by atoms with Crippen molar-refractivity contribution in [1.82, 2.24) is 0 Å². The third kappa shape index (κ3) is 4.76. The Kier molecular flexibility index (Phi) is 7.55. The highest BCUT2D eigenvalue weighted by Gasteiger charge is 2.33. The molecule has 4 heteroatoms. The highest BCUT2D eigenvalue weighted by Crippen LogP contribution is 2.20. The first kappa shape index (κ1) is 13.1. The van der Waals surface area contributed by atoms with Crippen LogP contribution in [0.3, 0.4) is 0 Å². The van der Waals surface area contributed by atoms with Crippen LogP contribution in [0.2, 0.25) is 12.1 Å². The second-order valence-electron chi connectivity index (χ2n) is 2.96. The number of hydrogen-bond donors (Lipinski definition) is 1. The van der Waals surface area contributed by atoms with Gasteiger partial charge in [-0.15, -0.1) is 0 Å². The van der Waals surface area contributed by atoms with Gasteiger partial charge in [-0.25, -0.2) is 0 Å². The molecule has 1 N–H and O–H groups in total. The van der Waals surface area contributed by atoms with Crippen molar-refractivity contribution in [2.75, 3.05) is 19.8 Å². The molecule has 0 saturated carbocycles. The molecule has 0 aromatic rings. The topological polar surface area (TPSA) is 38.7 Å². The van der Waals surface area contributed by atoms with E-state index in [0.717, 1.165) is 18.5 Å². The number of hydrogen-bond acceptors (Lipinski definition) is 3. The minimum absolute atomic E-state index is 0.231. The summed E-state index contributed by atoms with van der Waals surface area (Å²) < 4.78 is 11.5. The molecule has 13 heavy (non-hydrogen) atoms. The number of aliphatic hydroxyl groups excluding tert-OH is 1. The van der Waals surface area contributed by atoms with Gasteiger partial charge in [0.05, 0.1) is 0 Å². The molecule has 0 aromatic carbocycles. The summed E-state index contributed by atoms with van der Waals surface area (Å²) in [6.07, 6.45) is 0.792. The molecule has 80 valence electrons. The van der Waals surface area contributed by atoms with Crippen LogP contribution in [0.4, 0.5) is 0 Å². The van der Waals surface area contributed by atoms with E-state index in [-0.39, 0.29) is 6.61 Å². The van der Waals surface area contributed by atoms with Crippen LogP contribution < -0.4 is 0 Å². The highest BCUT2D eigenvalue weighted by atomic mass is 28.4. The maximum Gasteiger partial charge on any atom is 0.337 e. The van der Waals surface area contributed by atoms with Crippen LogP contribution in [0, 0.1) is 0 Å². The van der Waals surface area contributed by atoms with Crippen molar-refractivity contribution in [3.8, 4) is 0 Å². The zero-order valence-electron chi connectivity index (χ0n) is 9.01. The van der Waals surface area contributed by atoms with Crippen molar-refractivity contribution in [3.05, 3.63) is 0 Å². The largest absolute Gasteiger partial charge is 0.396 e. The van der Waals surface area contributed by atoms with Crippen molar-refractivity contribution in [1.29, 1.82) is 0 Å². The lowest BCUT2D eigenvalue weighted by atomic mass is 10.5. The van der Waals surface area contributed by atoms with Crippen LogP contribution in [0.5, 0.6) is 0 Å². The van der Waals surface area contributed by atoms with Gasteiger partial charge in [0.2, 0.25) is 0 Å². The van der Waals surface area contributed by atoms with Crippen molar-refractivity contribution in [2.24, 2.45) is 0 Å². The normalized spacial score (nSPS) is 12.0. The monoisotopic (exact) mass is 206 g/mol. The van der Waals surface area contributed by atoms with E-state index in [1.165, 1.54) is 0 Å². The standard InChI is InChI=1S/C9H22O3Si/c1-4-11-13(6-3,12-5-2)9-7-8-10/h10H,4-9H2,1-3H3. The number of aliphatic hydroxyl groups is 1. The lowest BCUT2D eigenvalue weighted by Crippen LogP contribution is -2.41. The van der Waals surface area contributed by atoms with Crippen molar-refractivity contribution in [3.63, 3.8) is 0 Å². The first-order valence-corrected chi connectivity index (χ1v) is 7.36. The fourth-order valence-electron chi connectivity index (χ4n) is 1.44. The molecule has 0 heterocycles. The molecule has 0 fully saturated rings. The zero-order valence-corrected chi connectivity index (χ0v) is 10.0. The summed E-state index contributed by atoms with van der Waals surface area (Å²) >= 11 is 0. The van der Waals surface area contributed by atoms with Crippen LogP contribution >= 0.6 is 0 Å². The van der Waals surface area contributed by atoms with Gasteiger partial charge in [-0.1, -0.05) is 6.92 Å². The molecular weight excluding hydrogens is 184 g/mol. The zero-order chi connectivity index (χ0) is 10.2. The van der Waals surface area contributed by atoms with Gasteiger partial charge in [0.25, 0.3) is 0 Å². The minimum atomic E-state index is -1.95. The lowest BCUT2D eigenvalue weighted by molar-refractivity contribution is 0.179. The molecule has 0 bridgehead atoms. The summed E-state index contributed by atoms with van der Waals surface area (Å²) in [6, 6.07) is 1.87. The predicted octanol–water partition coefficient (Wildman–Crippen LogP) is 1.90. The molecule has 0 aromatic heterocycles. The Balaban J connectivity index is 4.07. The fraction of sp³-hybridized carbons (Fsp3) is 1.00. The molecule has 3 nitrogen and oxygen atoms in total. The summed E-state index contributed by atoms with van der Waals surface area (Å²) in [6.45, 7) is 7.76. The summed E-state index contributed by atoms with van der Waals surface area (Å²) in [7, 11) is -1.95. The fourth-order valence-corrected chi connectivity index (χ4v) is 4.32. The average molecular weight is 206 g/mol. The highest BCUT2D eigenvalue weighted by molar-refractivity contribution is 6.67. The van der Waals surface area contributed by atoms with Crippen molar-refractivity contribution < 1.29 is 14.0 Å². The van der Waals surface area contributed by atoms with Gasteiger partial charge >= 0.3 is 8.56 Å². The van der Waals surface area contributed by atoms with E-state index in [0.29, 0.717) is 13.2 Å². The summed E-state index contributed by atoms with van der Waals surface area (Å²) in [5.74, 6) is 0. The third-order valence-electron chi connectivity index (χ3n) is 2.07. The van der Waals surface area contributed by atoms with Crippen LogP contribution in [0.25, 0.3) is 0 Å². The van der Waals surface area contributed by atoms with Gasteiger partial charge in [0, 0.05) is 19.8 Å². The van der Waals surface area contributed by atoms with Crippen LogP contribution in [-0.4, -0.2) is 33.5 Å². The molecule has 0 spiro atoms. The Morgan fingerprint density at radius 1 is 1.08 bits per heavy atom. The Morgan fingerprint density at radius 3 is 1.92 bits per heavy atom. The SMILES string of the molecule is CCO[Si](CC)(CCCO)OCC. The Labute approximate surface area is 82.3 Å². The first-order chi connectivity index (χ1) is 6.24. The average Bonchev–Trinajstić information content (AvgIpc) is 2.15. The third-order valence-corrected chi connectivity index (χ3v) is 5.89. The van der Waals surface area contributed by atoms with E-state index >= 15 is 0 Å². The molecule has 0 atom stereocenters. The summed E-state index contributed by atoms with van der Waals surface area (Å²) in [4.78, 5) is 0. The van der Waals surface area contributed by atoms with E-state index in [9.17, 15) is 0 Å². The first-order valence-electron chi connectivity index (χ1n) is 5.13. The van der Waals surface area contributed by atoms with Gasteiger partial charge in [-0.3, -0.25) is 0 Å². The van der Waals surface area contributed by atoms with Gasteiger partial charge < -0.3 is 14.0 Å². The predicted molar refractivity (Wildman–Crippen MR) is 56.0 cm³/mol. The lowest BCUT2D eigenvalue weighted by Gasteiger charge is -2.28. The van der Waals surface area contributed by atoms with Crippen LogP contribution in [0.15, 0.2) is 0 Å². The van der Waals surface area contributed by atoms with Crippen LogP contribution in [-0.2, 0) is 8.85 Å². The molecule has 0 saturated heterocycles. The minimum Gasteiger partial charge on any atom is -0.396 e. The van der Waals surface area contributed by atoms with Gasteiger partial charge in [-0.2, -0.15) is 0 Å². The molecule has 0 amide bonds. The second kappa shape index (κ2) is 7.50. The Bertz CT molecular complexity index is 113. The summed E-state index contributed by atoms with van der Waals surface area (Å²) in [5, 5.41) is 8.77.